The average molecular weight is 210 g/mol. The predicted molar refractivity (Wildman–Crippen MR) is 54.8 cm³/mol. The van der Waals surface area contributed by atoms with E-state index in [2.05, 4.69) is 20.6 Å². The maximum atomic E-state index is 11.5. The molecule has 1 atom stereocenters. The minimum absolute atomic E-state index is 0.248. The van der Waals surface area contributed by atoms with Gasteiger partial charge in [-0.1, -0.05) is 0 Å². The molecule has 0 radical (unpaired) electrons. The lowest BCUT2D eigenvalue weighted by atomic mass is 10.2. The quantitative estimate of drug-likeness (QED) is 0.525. The molecular formula is C9H14N4O2. The maximum Gasteiger partial charge on any atom is 0.323 e. The first-order valence-corrected chi connectivity index (χ1v) is 5.05. The number of rotatable bonds is 3. The van der Waals surface area contributed by atoms with E-state index < -0.39 is 0 Å². The van der Waals surface area contributed by atoms with Gasteiger partial charge in [0.2, 0.25) is 0 Å². The van der Waals surface area contributed by atoms with E-state index in [4.69, 9.17) is 0 Å². The number of hydrogen-bond donors (Lipinski definition) is 4. The number of H-pyrrole nitrogens is 2. The van der Waals surface area contributed by atoms with E-state index in [9.17, 15) is 9.59 Å². The van der Waals surface area contributed by atoms with Crippen LogP contribution < -0.4 is 16.3 Å². The number of aromatic nitrogens is 2. The lowest BCUT2D eigenvalue weighted by Crippen LogP contribution is -2.37. The summed E-state index contributed by atoms with van der Waals surface area (Å²) < 4.78 is 0. The molecule has 1 unspecified atom stereocenters. The fraction of sp³-hybridized carbons (Fsp3) is 0.556. The molecule has 1 amide bonds. The summed E-state index contributed by atoms with van der Waals surface area (Å²) in [7, 11) is 0. The smallest absolute Gasteiger partial charge is 0.323 e. The van der Waals surface area contributed by atoms with Crippen LogP contribution in [-0.4, -0.2) is 35.0 Å². The molecule has 1 fully saturated rings. The van der Waals surface area contributed by atoms with Crippen molar-refractivity contribution in [3.63, 3.8) is 0 Å². The minimum atomic E-state index is -0.362. The molecule has 4 N–H and O–H groups in total. The number of hydrogen-bond acceptors (Lipinski definition) is 3. The van der Waals surface area contributed by atoms with E-state index in [1.54, 1.807) is 0 Å². The van der Waals surface area contributed by atoms with Gasteiger partial charge in [0.25, 0.3) is 5.91 Å². The summed E-state index contributed by atoms with van der Waals surface area (Å²) in [6.07, 6.45) is 3.62. The van der Waals surface area contributed by atoms with Crippen LogP contribution in [0, 0.1) is 0 Å². The number of aromatic amines is 2. The third-order valence-corrected chi connectivity index (χ3v) is 2.51. The highest BCUT2D eigenvalue weighted by molar-refractivity contribution is 5.91. The largest absolute Gasteiger partial charge is 0.349 e. The first kappa shape index (κ1) is 9.97. The molecule has 6 nitrogen and oxygen atoms in total. The second-order valence-electron chi connectivity index (χ2n) is 3.66. The molecular weight excluding hydrogens is 196 g/mol. The van der Waals surface area contributed by atoms with Gasteiger partial charge in [-0.2, -0.15) is 0 Å². The highest BCUT2D eigenvalue weighted by atomic mass is 16.2. The van der Waals surface area contributed by atoms with Crippen molar-refractivity contribution in [1.29, 1.82) is 0 Å². The van der Waals surface area contributed by atoms with Crippen molar-refractivity contribution < 1.29 is 4.79 Å². The Labute approximate surface area is 86.5 Å². The second-order valence-corrected chi connectivity index (χ2v) is 3.66. The number of imidazole rings is 1. The standard InChI is InChI=1S/C9H14N4O2/c14-8(7-5-12-9(15)13-7)11-4-6-2-1-3-10-6/h5-6,10H,1-4H2,(H,11,14)(H2,12,13,15). The molecule has 1 saturated heterocycles. The third-order valence-electron chi connectivity index (χ3n) is 2.51. The van der Waals surface area contributed by atoms with E-state index in [-0.39, 0.29) is 17.3 Å². The summed E-state index contributed by atoms with van der Waals surface area (Å²) in [5.74, 6) is -0.248. The van der Waals surface area contributed by atoms with Crippen molar-refractivity contribution in [3.8, 4) is 0 Å². The molecule has 1 aliphatic heterocycles. The van der Waals surface area contributed by atoms with Gasteiger partial charge < -0.3 is 20.6 Å². The van der Waals surface area contributed by atoms with Crippen molar-refractivity contribution in [1.82, 2.24) is 20.6 Å². The van der Waals surface area contributed by atoms with Gasteiger partial charge in [0, 0.05) is 18.8 Å². The van der Waals surface area contributed by atoms with E-state index >= 15 is 0 Å². The van der Waals surface area contributed by atoms with Crippen LogP contribution in [-0.2, 0) is 0 Å². The average Bonchev–Trinajstić information content (AvgIpc) is 2.84. The van der Waals surface area contributed by atoms with Crippen LogP contribution in [0.3, 0.4) is 0 Å². The van der Waals surface area contributed by atoms with Gasteiger partial charge >= 0.3 is 5.69 Å². The topological polar surface area (TPSA) is 89.8 Å². The minimum Gasteiger partial charge on any atom is -0.349 e. The van der Waals surface area contributed by atoms with Gasteiger partial charge in [-0.25, -0.2) is 4.79 Å². The van der Waals surface area contributed by atoms with Gasteiger partial charge in [0.15, 0.2) is 0 Å². The zero-order valence-electron chi connectivity index (χ0n) is 8.30. The van der Waals surface area contributed by atoms with E-state index in [1.807, 2.05) is 0 Å². The molecule has 1 aromatic heterocycles. The van der Waals surface area contributed by atoms with Crippen molar-refractivity contribution in [2.75, 3.05) is 13.1 Å². The van der Waals surface area contributed by atoms with Crippen LogP contribution in [0.5, 0.6) is 0 Å². The van der Waals surface area contributed by atoms with Crippen LogP contribution in [0.2, 0.25) is 0 Å². The second kappa shape index (κ2) is 4.31. The van der Waals surface area contributed by atoms with Gasteiger partial charge in [-0.15, -0.1) is 0 Å². The van der Waals surface area contributed by atoms with Crippen LogP contribution in [0.15, 0.2) is 11.0 Å². The zero-order valence-corrected chi connectivity index (χ0v) is 8.30. The van der Waals surface area contributed by atoms with Crippen LogP contribution in [0.4, 0.5) is 0 Å². The van der Waals surface area contributed by atoms with Crippen molar-refractivity contribution >= 4 is 5.91 Å². The monoisotopic (exact) mass is 210 g/mol. The summed E-state index contributed by atoms with van der Waals surface area (Å²) >= 11 is 0. The van der Waals surface area contributed by atoms with Crippen LogP contribution in [0.1, 0.15) is 23.3 Å². The molecule has 1 aliphatic rings. The Kier molecular flexibility index (Phi) is 2.86. The molecule has 82 valence electrons. The van der Waals surface area contributed by atoms with E-state index in [1.165, 1.54) is 6.20 Å². The van der Waals surface area contributed by atoms with Gasteiger partial charge in [-0.3, -0.25) is 4.79 Å². The number of carbonyl (C=O) groups excluding carboxylic acids is 1. The molecule has 0 aliphatic carbocycles. The number of carbonyl (C=O) groups is 1. The Morgan fingerprint density at radius 2 is 2.47 bits per heavy atom. The van der Waals surface area contributed by atoms with E-state index in [0.717, 1.165) is 19.4 Å². The van der Waals surface area contributed by atoms with E-state index in [0.29, 0.717) is 12.6 Å². The predicted octanol–water partition coefficient (Wildman–Crippen LogP) is -0.815. The van der Waals surface area contributed by atoms with Gasteiger partial charge in [-0.05, 0) is 19.4 Å². The lowest BCUT2D eigenvalue weighted by molar-refractivity contribution is 0.0945. The molecule has 0 aromatic carbocycles. The fourth-order valence-corrected chi connectivity index (χ4v) is 1.70. The van der Waals surface area contributed by atoms with Crippen LogP contribution >= 0.6 is 0 Å². The lowest BCUT2D eigenvalue weighted by Gasteiger charge is -2.10. The molecule has 1 aromatic rings. The first-order chi connectivity index (χ1) is 7.25. The van der Waals surface area contributed by atoms with Crippen molar-refractivity contribution in [3.05, 3.63) is 22.4 Å². The molecule has 15 heavy (non-hydrogen) atoms. The summed E-state index contributed by atoms with van der Waals surface area (Å²) in [6, 6.07) is 0.361. The Hall–Kier alpha value is -1.56. The molecule has 2 heterocycles. The van der Waals surface area contributed by atoms with Crippen molar-refractivity contribution in [2.24, 2.45) is 0 Å². The SMILES string of the molecule is O=C(NCC1CCCN1)c1c[nH]c(=O)[nH]1. The number of nitrogens with one attached hydrogen (secondary N) is 4. The Morgan fingerprint density at radius 3 is 3.07 bits per heavy atom. The molecule has 0 spiro atoms. The molecule has 2 rings (SSSR count). The Morgan fingerprint density at radius 1 is 1.60 bits per heavy atom. The zero-order chi connectivity index (χ0) is 10.7. The number of amides is 1. The summed E-state index contributed by atoms with van der Waals surface area (Å²) in [6.45, 7) is 1.62. The summed E-state index contributed by atoms with van der Waals surface area (Å²) in [4.78, 5) is 27.0. The summed E-state index contributed by atoms with van der Waals surface area (Å²) in [5.41, 5.74) is -0.0860. The maximum absolute atomic E-state index is 11.5. The van der Waals surface area contributed by atoms with Gasteiger partial charge in [0.1, 0.15) is 5.69 Å². The fourth-order valence-electron chi connectivity index (χ4n) is 1.70. The molecule has 0 saturated carbocycles. The molecule has 6 heteroatoms. The summed E-state index contributed by atoms with van der Waals surface area (Å²) in [5, 5.41) is 6.04. The van der Waals surface area contributed by atoms with Crippen molar-refractivity contribution in [2.45, 2.75) is 18.9 Å². The highest BCUT2D eigenvalue weighted by Gasteiger charge is 2.15. The third kappa shape index (κ3) is 2.47. The highest BCUT2D eigenvalue weighted by Crippen LogP contribution is 2.03. The molecule has 0 bridgehead atoms. The Bertz CT molecular complexity index is 389. The van der Waals surface area contributed by atoms with Crippen LogP contribution in [0.25, 0.3) is 0 Å². The normalized spacial score (nSPS) is 20.4. The first-order valence-electron chi connectivity index (χ1n) is 5.05. The Balaban J connectivity index is 1.84. The van der Waals surface area contributed by atoms with Gasteiger partial charge in [0.05, 0.1) is 0 Å².